The van der Waals surface area contributed by atoms with Gasteiger partial charge in [0.1, 0.15) is 12.6 Å². The highest BCUT2D eigenvalue weighted by Gasteiger charge is 2.37. The first-order valence-corrected chi connectivity index (χ1v) is 16.2. The summed E-state index contributed by atoms with van der Waals surface area (Å²) < 4.78 is 69.7. The van der Waals surface area contributed by atoms with Gasteiger partial charge in [-0.1, -0.05) is 72.9 Å². The zero-order valence-electron chi connectivity index (χ0n) is 24.0. The molecule has 14 heteroatoms. The standard InChI is InChI=1S/C30H31Cl3F3N3O4S/c1-4-19(3)37-29(41)27(5-2)38(17-22-24(31)12-9-13-25(22)32)28(40)18-39(44(42,43)21-10-7-6-8-11-21)20-14-15-26(33)23(16-20)30(34,35)36/h6-16,19,27H,4-5,17-18H2,1-3H3,(H,37,41)/t19-,27-/m1/s1. The Bertz CT molecular complexity index is 1570. The van der Waals surface area contributed by atoms with Gasteiger partial charge in [0.05, 0.1) is 21.2 Å². The first-order chi connectivity index (χ1) is 20.6. The zero-order chi connectivity index (χ0) is 32.8. The Labute approximate surface area is 269 Å². The molecule has 238 valence electrons. The minimum absolute atomic E-state index is 0.126. The SMILES string of the molecule is CC[C@@H](C)NC(=O)[C@@H](CC)N(Cc1c(Cl)cccc1Cl)C(=O)CN(c1ccc(Cl)c(C(F)(F)F)c1)S(=O)(=O)c1ccccc1. The molecule has 0 bridgehead atoms. The molecule has 3 rings (SSSR count). The summed E-state index contributed by atoms with van der Waals surface area (Å²) in [5.74, 6) is -1.38. The third kappa shape index (κ3) is 8.38. The third-order valence-corrected chi connectivity index (χ3v) is 9.76. The Kier molecular flexibility index (Phi) is 12.0. The first-order valence-electron chi connectivity index (χ1n) is 13.6. The van der Waals surface area contributed by atoms with Crippen molar-refractivity contribution in [3.63, 3.8) is 0 Å². The molecule has 0 aromatic heterocycles. The van der Waals surface area contributed by atoms with Crippen LogP contribution in [0.5, 0.6) is 0 Å². The van der Waals surface area contributed by atoms with E-state index < -0.39 is 56.9 Å². The monoisotopic (exact) mass is 691 g/mol. The van der Waals surface area contributed by atoms with Crippen LogP contribution in [0.4, 0.5) is 18.9 Å². The number of nitrogens with one attached hydrogen (secondary N) is 1. The number of carbonyl (C=O) groups is 2. The number of halogens is 6. The topological polar surface area (TPSA) is 86.8 Å². The number of rotatable bonds is 12. The normalized spacial score (nSPS) is 13.2. The van der Waals surface area contributed by atoms with E-state index in [1.165, 1.54) is 24.3 Å². The lowest BCUT2D eigenvalue weighted by atomic mass is 10.1. The van der Waals surface area contributed by atoms with Crippen molar-refractivity contribution in [2.24, 2.45) is 0 Å². The Balaban J connectivity index is 2.18. The van der Waals surface area contributed by atoms with E-state index in [2.05, 4.69) is 5.32 Å². The van der Waals surface area contributed by atoms with Crippen LogP contribution < -0.4 is 9.62 Å². The van der Waals surface area contributed by atoms with Crippen LogP contribution in [0.1, 0.15) is 44.7 Å². The fourth-order valence-electron chi connectivity index (χ4n) is 4.35. The van der Waals surface area contributed by atoms with Crippen LogP contribution in [0.25, 0.3) is 0 Å². The first kappa shape index (κ1) is 35.5. The van der Waals surface area contributed by atoms with E-state index in [4.69, 9.17) is 34.8 Å². The lowest BCUT2D eigenvalue weighted by Crippen LogP contribution is -2.53. The Morgan fingerprint density at radius 2 is 1.50 bits per heavy atom. The lowest BCUT2D eigenvalue weighted by Gasteiger charge is -2.34. The van der Waals surface area contributed by atoms with Gasteiger partial charge in [-0.25, -0.2) is 8.42 Å². The molecule has 2 atom stereocenters. The molecule has 0 unspecified atom stereocenters. The fourth-order valence-corrected chi connectivity index (χ4v) is 6.52. The second-order valence-corrected chi connectivity index (χ2v) is 13.0. The predicted octanol–water partition coefficient (Wildman–Crippen LogP) is 7.58. The predicted molar refractivity (Wildman–Crippen MR) is 166 cm³/mol. The Morgan fingerprint density at radius 1 is 0.886 bits per heavy atom. The second kappa shape index (κ2) is 14.9. The average Bonchev–Trinajstić information content (AvgIpc) is 2.97. The molecule has 44 heavy (non-hydrogen) atoms. The third-order valence-electron chi connectivity index (χ3n) is 6.93. The lowest BCUT2D eigenvalue weighted by molar-refractivity contribution is -0.140. The van der Waals surface area contributed by atoms with Gasteiger partial charge >= 0.3 is 6.18 Å². The van der Waals surface area contributed by atoms with Gasteiger partial charge in [0.25, 0.3) is 10.0 Å². The molecule has 2 amide bonds. The van der Waals surface area contributed by atoms with E-state index in [1.54, 1.807) is 38.1 Å². The van der Waals surface area contributed by atoms with Gasteiger partial charge in [-0.05, 0) is 62.2 Å². The van der Waals surface area contributed by atoms with Crippen molar-refractivity contribution in [3.8, 4) is 0 Å². The molecule has 3 aromatic rings. The number of carbonyl (C=O) groups excluding carboxylic acids is 2. The summed E-state index contributed by atoms with van der Waals surface area (Å²) in [6, 6.07) is 12.9. The van der Waals surface area contributed by atoms with E-state index in [-0.39, 0.29) is 33.9 Å². The number of nitrogens with zero attached hydrogens (tertiary/aromatic N) is 2. The minimum Gasteiger partial charge on any atom is -0.352 e. The van der Waals surface area contributed by atoms with E-state index in [0.29, 0.717) is 22.4 Å². The van der Waals surface area contributed by atoms with Crippen LogP contribution >= 0.6 is 34.8 Å². The van der Waals surface area contributed by atoms with E-state index in [1.807, 2.05) is 6.92 Å². The van der Waals surface area contributed by atoms with E-state index >= 15 is 0 Å². The molecule has 1 N–H and O–H groups in total. The van der Waals surface area contributed by atoms with Crippen molar-refractivity contribution < 1.29 is 31.2 Å². The van der Waals surface area contributed by atoms with Crippen LogP contribution in [0, 0.1) is 0 Å². The molecule has 0 aliphatic carbocycles. The van der Waals surface area contributed by atoms with Gasteiger partial charge in [0.15, 0.2) is 0 Å². The molecule has 0 heterocycles. The minimum atomic E-state index is -4.91. The van der Waals surface area contributed by atoms with Gasteiger partial charge in [-0.3, -0.25) is 13.9 Å². The Hall–Kier alpha value is -2.99. The van der Waals surface area contributed by atoms with Crippen molar-refractivity contribution in [1.82, 2.24) is 10.2 Å². The summed E-state index contributed by atoms with van der Waals surface area (Å²) >= 11 is 18.6. The quantitative estimate of drug-likeness (QED) is 0.212. The molecule has 0 aliphatic heterocycles. The summed E-state index contributed by atoms with van der Waals surface area (Å²) in [6.45, 7) is 4.09. The molecule has 0 fully saturated rings. The van der Waals surface area contributed by atoms with Crippen molar-refractivity contribution >= 4 is 62.3 Å². The second-order valence-electron chi connectivity index (χ2n) is 9.95. The van der Waals surface area contributed by atoms with Crippen molar-refractivity contribution in [2.45, 2.75) is 63.3 Å². The number of hydrogen-bond acceptors (Lipinski definition) is 4. The van der Waals surface area contributed by atoms with Gasteiger partial charge in [0, 0.05) is 28.2 Å². The van der Waals surface area contributed by atoms with Crippen molar-refractivity contribution in [3.05, 3.63) is 92.9 Å². The maximum atomic E-state index is 14.1. The summed E-state index contributed by atoms with van der Waals surface area (Å²) in [5, 5.41) is 2.59. The maximum Gasteiger partial charge on any atom is 0.417 e. The number of amides is 2. The van der Waals surface area contributed by atoms with Gasteiger partial charge in [0.2, 0.25) is 11.8 Å². The number of alkyl halides is 3. The largest absolute Gasteiger partial charge is 0.417 e. The highest BCUT2D eigenvalue weighted by atomic mass is 35.5. The molecule has 0 spiro atoms. The molecule has 0 aliphatic rings. The van der Waals surface area contributed by atoms with Crippen LogP contribution in [-0.2, 0) is 32.3 Å². The summed E-state index contributed by atoms with van der Waals surface area (Å²) in [5.41, 5.74) is -1.43. The molecule has 0 saturated heterocycles. The number of hydrogen-bond donors (Lipinski definition) is 1. The fraction of sp³-hybridized carbons (Fsp3) is 0.333. The molecule has 7 nitrogen and oxygen atoms in total. The molecule has 0 radical (unpaired) electrons. The molecular weight excluding hydrogens is 662 g/mol. The summed E-state index contributed by atoms with van der Waals surface area (Å²) in [4.78, 5) is 28.4. The molecule has 3 aromatic carbocycles. The van der Waals surface area contributed by atoms with Crippen LogP contribution in [0.15, 0.2) is 71.6 Å². The smallest absolute Gasteiger partial charge is 0.352 e. The van der Waals surface area contributed by atoms with Gasteiger partial charge in [-0.15, -0.1) is 0 Å². The highest BCUT2D eigenvalue weighted by molar-refractivity contribution is 7.92. The maximum absolute atomic E-state index is 14.1. The van der Waals surface area contributed by atoms with Crippen LogP contribution in [0.2, 0.25) is 15.1 Å². The number of sulfonamides is 1. The van der Waals surface area contributed by atoms with Crippen LogP contribution in [0.3, 0.4) is 0 Å². The van der Waals surface area contributed by atoms with Crippen molar-refractivity contribution in [1.29, 1.82) is 0 Å². The number of anilines is 1. The molecule has 0 saturated carbocycles. The van der Waals surface area contributed by atoms with Gasteiger partial charge in [-0.2, -0.15) is 13.2 Å². The summed E-state index contributed by atoms with van der Waals surface area (Å²) in [7, 11) is -4.60. The van der Waals surface area contributed by atoms with Crippen LogP contribution in [-0.4, -0.2) is 43.8 Å². The highest BCUT2D eigenvalue weighted by Crippen LogP contribution is 2.38. The average molecular weight is 693 g/mol. The van der Waals surface area contributed by atoms with E-state index in [0.717, 1.165) is 17.0 Å². The zero-order valence-corrected chi connectivity index (χ0v) is 27.1. The Morgan fingerprint density at radius 3 is 2.05 bits per heavy atom. The molecular formula is C30H31Cl3F3N3O4S. The van der Waals surface area contributed by atoms with E-state index in [9.17, 15) is 31.2 Å². The van der Waals surface area contributed by atoms with Crippen molar-refractivity contribution in [2.75, 3.05) is 10.8 Å². The summed E-state index contributed by atoms with van der Waals surface area (Å²) in [6.07, 6.45) is -4.18. The van der Waals surface area contributed by atoms with Gasteiger partial charge < -0.3 is 10.2 Å². The number of benzene rings is 3.